The molecule has 0 fully saturated rings. The third-order valence-electron chi connectivity index (χ3n) is 2.84. The number of hydrogen-bond donors (Lipinski definition) is 2. The summed E-state index contributed by atoms with van der Waals surface area (Å²) in [6.07, 6.45) is -12.3. The molecule has 0 amide bonds. The molecule has 0 aliphatic carbocycles. The highest BCUT2D eigenvalue weighted by atomic mass is 19.4. The fourth-order valence-corrected chi connectivity index (χ4v) is 1.72. The maximum atomic E-state index is 12.7. The first kappa shape index (κ1) is 19.9. The van der Waals surface area contributed by atoms with Crippen LogP contribution >= 0.6 is 0 Å². The van der Waals surface area contributed by atoms with Gasteiger partial charge in [-0.15, -0.1) is 0 Å². The van der Waals surface area contributed by atoms with E-state index in [-0.39, 0.29) is 12.7 Å². The van der Waals surface area contributed by atoms with Crippen molar-refractivity contribution in [2.45, 2.75) is 24.9 Å². The Morgan fingerprint density at radius 2 is 1.67 bits per heavy atom. The number of rotatable bonds is 5. The molecule has 1 aromatic carbocycles. The SMILES string of the molecule is CCOC(=O)COc1ccc(C(O)(C(F)(F)F)C(F)(F)F)c(O)c1. The minimum absolute atomic E-state index is 0.0383. The number of phenols is 1. The van der Waals surface area contributed by atoms with Crippen molar-refractivity contribution < 1.29 is 50.8 Å². The summed E-state index contributed by atoms with van der Waals surface area (Å²) in [4.78, 5) is 11.0. The van der Waals surface area contributed by atoms with Gasteiger partial charge in [0.05, 0.1) is 6.61 Å². The minimum atomic E-state index is -6.13. The van der Waals surface area contributed by atoms with E-state index in [9.17, 15) is 41.4 Å². The molecule has 0 saturated heterocycles. The van der Waals surface area contributed by atoms with Crippen LogP contribution in [0.1, 0.15) is 12.5 Å². The van der Waals surface area contributed by atoms with Gasteiger partial charge in [0.15, 0.2) is 6.61 Å². The molecule has 0 spiro atoms. The molecule has 136 valence electrons. The Hall–Kier alpha value is -2.17. The fraction of sp³-hybridized carbons (Fsp3) is 0.462. The molecule has 0 unspecified atom stereocenters. The molecule has 0 bridgehead atoms. The van der Waals surface area contributed by atoms with Gasteiger partial charge in [0.2, 0.25) is 0 Å². The van der Waals surface area contributed by atoms with Crippen LogP contribution in [-0.4, -0.2) is 41.7 Å². The number of carbonyl (C=O) groups is 1. The van der Waals surface area contributed by atoms with Crippen molar-refractivity contribution in [2.24, 2.45) is 0 Å². The molecule has 0 atom stereocenters. The molecule has 0 saturated carbocycles. The lowest BCUT2D eigenvalue weighted by Crippen LogP contribution is -2.53. The second kappa shape index (κ2) is 6.75. The molecular formula is C13H12F6O5. The second-order valence-electron chi connectivity index (χ2n) is 4.48. The van der Waals surface area contributed by atoms with Crippen LogP contribution in [0.3, 0.4) is 0 Å². The van der Waals surface area contributed by atoms with Gasteiger partial charge in [0.1, 0.15) is 11.5 Å². The van der Waals surface area contributed by atoms with Gasteiger partial charge in [0, 0.05) is 11.6 Å². The molecule has 11 heteroatoms. The highest BCUT2D eigenvalue weighted by molar-refractivity contribution is 5.71. The van der Waals surface area contributed by atoms with Crippen molar-refractivity contribution in [2.75, 3.05) is 13.2 Å². The fourth-order valence-electron chi connectivity index (χ4n) is 1.72. The van der Waals surface area contributed by atoms with Crippen LogP contribution < -0.4 is 4.74 Å². The zero-order valence-corrected chi connectivity index (χ0v) is 12.0. The van der Waals surface area contributed by atoms with Gasteiger partial charge in [-0.25, -0.2) is 4.79 Å². The first-order valence-electron chi connectivity index (χ1n) is 6.32. The Morgan fingerprint density at radius 1 is 1.12 bits per heavy atom. The van der Waals surface area contributed by atoms with E-state index in [4.69, 9.17) is 4.74 Å². The number of halogens is 6. The maximum absolute atomic E-state index is 12.7. The third-order valence-corrected chi connectivity index (χ3v) is 2.84. The minimum Gasteiger partial charge on any atom is -0.507 e. The average molecular weight is 362 g/mol. The molecule has 0 radical (unpaired) electrons. The molecule has 24 heavy (non-hydrogen) atoms. The number of alkyl halides is 6. The normalized spacial score (nSPS) is 12.8. The molecule has 0 aromatic heterocycles. The van der Waals surface area contributed by atoms with Crippen molar-refractivity contribution in [1.82, 2.24) is 0 Å². The monoisotopic (exact) mass is 362 g/mol. The van der Waals surface area contributed by atoms with Gasteiger partial charge >= 0.3 is 18.3 Å². The van der Waals surface area contributed by atoms with E-state index in [1.807, 2.05) is 0 Å². The maximum Gasteiger partial charge on any atom is 0.430 e. The number of hydrogen-bond acceptors (Lipinski definition) is 5. The van der Waals surface area contributed by atoms with E-state index in [1.165, 1.54) is 6.92 Å². The summed E-state index contributed by atoms with van der Waals surface area (Å²) in [5.74, 6) is -2.73. The Balaban J connectivity index is 3.16. The summed E-state index contributed by atoms with van der Waals surface area (Å²) in [7, 11) is 0. The molecular weight excluding hydrogens is 350 g/mol. The number of ether oxygens (including phenoxy) is 2. The Morgan fingerprint density at radius 3 is 2.08 bits per heavy atom. The lowest BCUT2D eigenvalue weighted by molar-refractivity contribution is -0.376. The predicted molar refractivity (Wildman–Crippen MR) is 66.2 cm³/mol. The van der Waals surface area contributed by atoms with E-state index in [0.29, 0.717) is 12.1 Å². The van der Waals surface area contributed by atoms with E-state index in [0.717, 1.165) is 0 Å². The topological polar surface area (TPSA) is 76.0 Å². The largest absolute Gasteiger partial charge is 0.507 e. The Labute approximate surface area is 131 Å². The van der Waals surface area contributed by atoms with Gasteiger partial charge in [-0.1, -0.05) is 0 Å². The lowest BCUT2D eigenvalue weighted by atomic mass is 9.91. The number of phenolic OH excluding ortho intramolecular Hbond substituents is 1. The standard InChI is InChI=1S/C13H12F6O5/c1-2-23-10(21)6-24-7-3-4-8(9(20)5-7)11(22,12(14,15)16)13(17,18)19/h3-5,20,22H,2,6H2,1H3. The van der Waals surface area contributed by atoms with Crippen LogP contribution in [0.15, 0.2) is 18.2 Å². The summed E-state index contributed by atoms with van der Waals surface area (Å²) in [5, 5.41) is 18.7. The van der Waals surface area contributed by atoms with Crippen LogP contribution in [0.5, 0.6) is 11.5 Å². The van der Waals surface area contributed by atoms with Gasteiger partial charge in [-0.2, -0.15) is 26.3 Å². The van der Waals surface area contributed by atoms with Crippen LogP contribution in [-0.2, 0) is 15.1 Å². The molecule has 0 aliphatic rings. The van der Waals surface area contributed by atoms with Crippen LogP contribution in [0.2, 0.25) is 0 Å². The Bertz CT molecular complexity index is 581. The molecule has 5 nitrogen and oxygen atoms in total. The number of carbonyl (C=O) groups excluding carboxylic acids is 1. The van der Waals surface area contributed by atoms with Crippen molar-refractivity contribution in [3.8, 4) is 11.5 Å². The van der Waals surface area contributed by atoms with Crippen molar-refractivity contribution in [3.63, 3.8) is 0 Å². The summed E-state index contributed by atoms with van der Waals surface area (Å²) in [5.41, 5.74) is -7.07. The van der Waals surface area contributed by atoms with Gasteiger partial charge in [0.25, 0.3) is 5.60 Å². The average Bonchev–Trinajstić information content (AvgIpc) is 2.42. The number of esters is 1. The molecule has 2 N–H and O–H groups in total. The first-order chi connectivity index (χ1) is 10.8. The van der Waals surface area contributed by atoms with E-state index >= 15 is 0 Å². The van der Waals surface area contributed by atoms with Crippen molar-refractivity contribution in [3.05, 3.63) is 23.8 Å². The summed E-state index contributed by atoms with van der Waals surface area (Å²) >= 11 is 0. The molecule has 0 aliphatic heterocycles. The predicted octanol–water partition coefficient (Wildman–Crippen LogP) is 2.65. The number of aliphatic hydroxyl groups is 1. The van der Waals surface area contributed by atoms with Crippen LogP contribution in [0, 0.1) is 0 Å². The lowest BCUT2D eigenvalue weighted by Gasteiger charge is -2.33. The van der Waals surface area contributed by atoms with E-state index < -0.39 is 47.6 Å². The zero-order chi connectivity index (χ0) is 18.8. The van der Waals surface area contributed by atoms with Crippen LogP contribution in [0.25, 0.3) is 0 Å². The third kappa shape index (κ3) is 3.83. The molecule has 0 heterocycles. The quantitative estimate of drug-likeness (QED) is 0.622. The van der Waals surface area contributed by atoms with Gasteiger partial charge in [-0.05, 0) is 19.1 Å². The second-order valence-corrected chi connectivity index (χ2v) is 4.48. The number of benzene rings is 1. The van der Waals surface area contributed by atoms with Crippen molar-refractivity contribution in [1.29, 1.82) is 0 Å². The zero-order valence-electron chi connectivity index (χ0n) is 12.0. The van der Waals surface area contributed by atoms with Gasteiger partial charge in [-0.3, -0.25) is 0 Å². The first-order valence-corrected chi connectivity index (χ1v) is 6.32. The van der Waals surface area contributed by atoms with Crippen LogP contribution in [0.4, 0.5) is 26.3 Å². The molecule has 1 aromatic rings. The van der Waals surface area contributed by atoms with Gasteiger partial charge < -0.3 is 19.7 Å². The van der Waals surface area contributed by atoms with E-state index in [1.54, 1.807) is 0 Å². The highest BCUT2D eigenvalue weighted by Crippen LogP contribution is 2.52. The summed E-state index contributed by atoms with van der Waals surface area (Å²) in [6.45, 7) is 0.875. The highest BCUT2D eigenvalue weighted by Gasteiger charge is 2.72. The smallest absolute Gasteiger partial charge is 0.430 e. The summed E-state index contributed by atoms with van der Waals surface area (Å²) < 4.78 is 85.6. The number of aromatic hydroxyl groups is 1. The van der Waals surface area contributed by atoms with Crippen molar-refractivity contribution >= 4 is 5.97 Å². The summed E-state index contributed by atoms with van der Waals surface area (Å²) in [6, 6.07) is 1.25. The molecule has 1 rings (SSSR count). The Kier molecular flexibility index (Phi) is 5.59. The van der Waals surface area contributed by atoms with E-state index in [2.05, 4.69) is 4.74 Å².